The third-order valence-corrected chi connectivity index (χ3v) is 3.89. The van der Waals surface area contributed by atoms with Crippen molar-refractivity contribution >= 4 is 43.1 Å². The Morgan fingerprint density at radius 2 is 1.83 bits per heavy atom. The van der Waals surface area contributed by atoms with Crippen molar-refractivity contribution in [3.05, 3.63) is 86.3 Å². The van der Waals surface area contributed by atoms with Gasteiger partial charge in [0.2, 0.25) is 0 Å². The molecule has 0 atom stereocenters. The zero-order chi connectivity index (χ0) is 16.4. The number of nitro benzene ring substituents is 1. The first-order chi connectivity index (χ1) is 11.0. The molecule has 0 unspecified atom stereocenters. The fourth-order valence-electron chi connectivity index (χ4n) is 2.13. The number of non-ortho nitro benzene ring substituents is 1. The van der Waals surface area contributed by atoms with Crippen molar-refractivity contribution in [3.8, 4) is 0 Å². The molecule has 0 aliphatic carbocycles. The number of nitro groups is 1. The van der Waals surface area contributed by atoms with Gasteiger partial charge in [0.1, 0.15) is 11.3 Å². The van der Waals surface area contributed by atoms with Crippen LogP contribution in [0.2, 0.25) is 0 Å². The molecule has 114 valence electrons. The van der Waals surface area contributed by atoms with Crippen LogP contribution >= 0.6 is 15.9 Å². The summed E-state index contributed by atoms with van der Waals surface area (Å²) in [5.41, 5.74) is 1.15. The summed E-state index contributed by atoms with van der Waals surface area (Å²) in [6.45, 7) is 0. The van der Waals surface area contributed by atoms with Crippen LogP contribution in [0.25, 0.3) is 21.5 Å². The fourth-order valence-corrected chi connectivity index (χ4v) is 2.59. The Hall–Kier alpha value is -2.73. The van der Waals surface area contributed by atoms with Crippen LogP contribution < -0.4 is 5.43 Å². The number of hydrogen-bond donors (Lipinski definition) is 0. The summed E-state index contributed by atoms with van der Waals surface area (Å²) in [5, 5.41) is 11.2. The topological polar surface area (TPSA) is 73.3 Å². The maximum Gasteiger partial charge on any atom is 0.269 e. The summed E-state index contributed by atoms with van der Waals surface area (Å²) < 4.78 is 6.29. The molecule has 0 saturated carbocycles. The van der Waals surface area contributed by atoms with Gasteiger partial charge in [-0.15, -0.1) is 0 Å². The van der Waals surface area contributed by atoms with Gasteiger partial charge in [-0.1, -0.05) is 12.1 Å². The van der Waals surface area contributed by atoms with E-state index in [0.29, 0.717) is 21.2 Å². The molecule has 0 aliphatic heterocycles. The Morgan fingerprint density at radius 3 is 2.52 bits per heavy atom. The Morgan fingerprint density at radius 1 is 1.13 bits per heavy atom. The molecule has 0 amide bonds. The maximum absolute atomic E-state index is 12.1. The standard InChI is InChI=1S/C17H10BrNO4/c18-14(9-11-5-7-12(8-6-11)19(21)22)17-10-15(20)13-3-1-2-4-16(13)23-17/h1-10H/b14-9-. The van der Waals surface area contributed by atoms with Crippen LogP contribution in [0.5, 0.6) is 0 Å². The smallest absolute Gasteiger partial charge is 0.269 e. The minimum Gasteiger partial charge on any atom is -0.455 e. The van der Waals surface area contributed by atoms with E-state index in [1.54, 1.807) is 42.5 Å². The molecule has 0 spiro atoms. The monoisotopic (exact) mass is 371 g/mol. The van der Waals surface area contributed by atoms with Gasteiger partial charge in [-0.25, -0.2) is 0 Å². The van der Waals surface area contributed by atoms with Gasteiger partial charge in [-0.3, -0.25) is 14.9 Å². The first kappa shape index (κ1) is 15.2. The highest BCUT2D eigenvalue weighted by Crippen LogP contribution is 2.26. The molecule has 1 heterocycles. The van der Waals surface area contributed by atoms with Gasteiger partial charge in [-0.05, 0) is 51.8 Å². The zero-order valence-corrected chi connectivity index (χ0v) is 13.3. The van der Waals surface area contributed by atoms with E-state index in [-0.39, 0.29) is 11.1 Å². The quantitative estimate of drug-likeness (QED) is 0.498. The largest absolute Gasteiger partial charge is 0.455 e. The molecule has 0 N–H and O–H groups in total. The van der Waals surface area contributed by atoms with Gasteiger partial charge in [0.15, 0.2) is 5.43 Å². The molecule has 0 bridgehead atoms. The molecule has 0 saturated heterocycles. The SMILES string of the molecule is O=c1cc(/C(Br)=C/c2ccc([N+](=O)[O-])cc2)oc2ccccc12. The van der Waals surface area contributed by atoms with Gasteiger partial charge in [0.25, 0.3) is 5.69 Å². The van der Waals surface area contributed by atoms with Gasteiger partial charge in [0, 0.05) is 18.2 Å². The van der Waals surface area contributed by atoms with E-state index >= 15 is 0 Å². The molecule has 0 fully saturated rings. The van der Waals surface area contributed by atoms with Crippen molar-refractivity contribution in [3.63, 3.8) is 0 Å². The highest BCUT2D eigenvalue weighted by atomic mass is 79.9. The van der Waals surface area contributed by atoms with E-state index in [0.717, 1.165) is 5.56 Å². The van der Waals surface area contributed by atoms with Crippen LogP contribution in [0, 0.1) is 10.1 Å². The van der Waals surface area contributed by atoms with Crippen molar-refractivity contribution in [2.75, 3.05) is 0 Å². The molecule has 1 aromatic heterocycles. The van der Waals surface area contributed by atoms with Crippen LogP contribution in [0.3, 0.4) is 0 Å². The second kappa shape index (κ2) is 6.18. The first-order valence-electron chi connectivity index (χ1n) is 6.69. The predicted octanol–water partition coefficient (Wildman–Crippen LogP) is 4.59. The zero-order valence-electron chi connectivity index (χ0n) is 11.7. The maximum atomic E-state index is 12.1. The number of fused-ring (bicyclic) bond motifs is 1. The molecule has 3 rings (SSSR count). The summed E-state index contributed by atoms with van der Waals surface area (Å²) in [4.78, 5) is 22.3. The molecule has 6 heteroatoms. The van der Waals surface area contributed by atoms with E-state index in [4.69, 9.17) is 4.42 Å². The van der Waals surface area contributed by atoms with Gasteiger partial charge in [-0.2, -0.15) is 0 Å². The fraction of sp³-hybridized carbons (Fsp3) is 0. The van der Waals surface area contributed by atoms with E-state index in [1.807, 2.05) is 0 Å². The molecular formula is C17H10BrNO4. The lowest BCUT2D eigenvalue weighted by Crippen LogP contribution is -2.00. The minimum atomic E-state index is -0.453. The van der Waals surface area contributed by atoms with Gasteiger partial charge in [0.05, 0.1) is 14.8 Å². The average molecular weight is 372 g/mol. The number of para-hydroxylation sites is 1. The van der Waals surface area contributed by atoms with Crippen molar-refractivity contribution < 1.29 is 9.34 Å². The van der Waals surface area contributed by atoms with E-state index in [1.165, 1.54) is 18.2 Å². The summed E-state index contributed by atoms with van der Waals surface area (Å²) in [6.07, 6.45) is 1.73. The molecule has 3 aromatic rings. The summed E-state index contributed by atoms with van der Waals surface area (Å²) in [5.74, 6) is 0.395. The number of halogens is 1. The summed E-state index contributed by atoms with van der Waals surface area (Å²) >= 11 is 3.38. The second-order valence-electron chi connectivity index (χ2n) is 4.81. The Labute approximate surface area is 139 Å². The lowest BCUT2D eigenvalue weighted by Gasteiger charge is -2.02. The first-order valence-corrected chi connectivity index (χ1v) is 7.49. The van der Waals surface area contributed by atoms with Crippen molar-refractivity contribution in [2.45, 2.75) is 0 Å². The second-order valence-corrected chi connectivity index (χ2v) is 5.67. The summed E-state index contributed by atoms with van der Waals surface area (Å²) in [6, 6.07) is 14.5. The lowest BCUT2D eigenvalue weighted by molar-refractivity contribution is -0.384. The van der Waals surface area contributed by atoms with Crippen LogP contribution in [-0.2, 0) is 0 Å². The predicted molar refractivity (Wildman–Crippen MR) is 92.4 cm³/mol. The van der Waals surface area contributed by atoms with Crippen LogP contribution in [0.15, 0.2) is 63.8 Å². The number of hydrogen-bond acceptors (Lipinski definition) is 4. The highest BCUT2D eigenvalue weighted by molar-refractivity contribution is 9.15. The highest BCUT2D eigenvalue weighted by Gasteiger charge is 2.08. The average Bonchev–Trinajstić information content (AvgIpc) is 2.55. The van der Waals surface area contributed by atoms with Crippen molar-refractivity contribution in [1.82, 2.24) is 0 Å². The van der Waals surface area contributed by atoms with E-state index < -0.39 is 4.92 Å². The van der Waals surface area contributed by atoms with E-state index in [9.17, 15) is 14.9 Å². The normalized spacial score (nSPS) is 11.6. The summed E-state index contributed by atoms with van der Waals surface area (Å²) in [7, 11) is 0. The molecule has 5 nitrogen and oxygen atoms in total. The van der Waals surface area contributed by atoms with Crippen molar-refractivity contribution in [1.29, 1.82) is 0 Å². The molecule has 0 radical (unpaired) electrons. The number of rotatable bonds is 3. The molecule has 23 heavy (non-hydrogen) atoms. The number of benzene rings is 2. The molecule has 2 aromatic carbocycles. The Balaban J connectivity index is 2.00. The molecule has 0 aliphatic rings. The van der Waals surface area contributed by atoms with Gasteiger partial charge < -0.3 is 4.42 Å². The van der Waals surface area contributed by atoms with Crippen LogP contribution in [0.4, 0.5) is 5.69 Å². The molecular weight excluding hydrogens is 362 g/mol. The van der Waals surface area contributed by atoms with Crippen LogP contribution in [-0.4, -0.2) is 4.92 Å². The lowest BCUT2D eigenvalue weighted by atomic mass is 10.1. The van der Waals surface area contributed by atoms with E-state index in [2.05, 4.69) is 15.9 Å². The van der Waals surface area contributed by atoms with Crippen molar-refractivity contribution in [2.24, 2.45) is 0 Å². The van der Waals surface area contributed by atoms with Crippen LogP contribution in [0.1, 0.15) is 11.3 Å². The third-order valence-electron chi connectivity index (χ3n) is 3.27. The third kappa shape index (κ3) is 3.22. The van der Waals surface area contributed by atoms with Gasteiger partial charge >= 0.3 is 0 Å². The Bertz CT molecular complexity index is 974. The number of nitrogens with zero attached hydrogens (tertiary/aromatic N) is 1. The Kier molecular flexibility index (Phi) is 4.08. The minimum absolute atomic E-state index is 0.0236.